The average molecular weight is 226 g/mol. The normalized spacial score (nSPS) is 10.4. The van der Waals surface area contributed by atoms with Crippen molar-refractivity contribution in [3.63, 3.8) is 0 Å². The monoisotopic (exact) mass is 226 g/mol. The maximum atomic E-state index is 11.5. The molecule has 0 aliphatic carbocycles. The van der Waals surface area contributed by atoms with E-state index in [0.29, 0.717) is 19.7 Å². The smallest absolute Gasteiger partial charge is 0.360 e. The topological polar surface area (TPSA) is 83.0 Å². The van der Waals surface area contributed by atoms with E-state index < -0.39 is 5.97 Å². The van der Waals surface area contributed by atoms with Gasteiger partial charge in [-0.15, -0.1) is 5.10 Å². The molecule has 1 aromatic rings. The summed E-state index contributed by atoms with van der Waals surface area (Å²) in [5.41, 5.74) is 5.60. The highest BCUT2D eigenvalue weighted by atomic mass is 16.5. The summed E-state index contributed by atoms with van der Waals surface area (Å²) in [5.74, 6) is -0.417. The molecule has 0 fully saturated rings. The predicted octanol–water partition coefficient (Wildman–Crippen LogP) is 0.584. The van der Waals surface area contributed by atoms with E-state index in [-0.39, 0.29) is 5.69 Å². The molecule has 1 rings (SSSR count). The zero-order valence-corrected chi connectivity index (χ0v) is 9.56. The van der Waals surface area contributed by atoms with Gasteiger partial charge in [-0.05, 0) is 6.42 Å². The van der Waals surface area contributed by atoms with Gasteiger partial charge in [0.1, 0.15) is 0 Å². The molecule has 0 radical (unpaired) electrons. The Labute approximate surface area is 94.8 Å². The van der Waals surface area contributed by atoms with Crippen molar-refractivity contribution in [3.8, 4) is 0 Å². The number of ether oxygens (including phenoxy) is 1. The van der Waals surface area contributed by atoms with Gasteiger partial charge in [-0.2, -0.15) is 0 Å². The zero-order chi connectivity index (χ0) is 11.8. The number of nitrogens with zero attached hydrogens (tertiary/aromatic N) is 3. The minimum Gasteiger partial charge on any atom is -0.461 e. The van der Waals surface area contributed by atoms with Gasteiger partial charge in [0.2, 0.25) is 0 Å². The van der Waals surface area contributed by atoms with Crippen LogP contribution in [0, 0.1) is 0 Å². The number of hydrogen-bond acceptors (Lipinski definition) is 5. The van der Waals surface area contributed by atoms with Crippen LogP contribution in [0.1, 0.15) is 36.7 Å². The van der Waals surface area contributed by atoms with Gasteiger partial charge in [-0.3, -0.25) is 4.68 Å². The lowest BCUT2D eigenvalue weighted by molar-refractivity contribution is 0.0491. The molecule has 0 aliphatic heterocycles. The van der Waals surface area contributed by atoms with Crippen LogP contribution in [0.15, 0.2) is 6.20 Å². The van der Waals surface area contributed by atoms with Gasteiger partial charge >= 0.3 is 5.97 Å². The maximum absolute atomic E-state index is 11.5. The summed E-state index contributed by atoms with van der Waals surface area (Å²) in [4.78, 5) is 11.5. The molecule has 0 bridgehead atoms. The highest BCUT2D eigenvalue weighted by Crippen LogP contribution is 1.99. The van der Waals surface area contributed by atoms with Crippen molar-refractivity contribution in [1.82, 2.24) is 15.0 Å². The van der Waals surface area contributed by atoms with Crippen molar-refractivity contribution in [2.24, 2.45) is 5.73 Å². The molecule has 16 heavy (non-hydrogen) atoms. The lowest BCUT2D eigenvalue weighted by Gasteiger charge is -2.00. The van der Waals surface area contributed by atoms with E-state index in [2.05, 4.69) is 17.2 Å². The van der Waals surface area contributed by atoms with Gasteiger partial charge < -0.3 is 10.5 Å². The highest BCUT2D eigenvalue weighted by molar-refractivity contribution is 5.86. The SMILES string of the molecule is CCCCCOC(=O)c1cn(CCN)nn1. The average Bonchev–Trinajstić information content (AvgIpc) is 2.73. The molecule has 0 unspecified atom stereocenters. The number of unbranched alkanes of at least 4 members (excludes halogenated alkanes) is 2. The highest BCUT2D eigenvalue weighted by Gasteiger charge is 2.11. The lowest BCUT2D eigenvalue weighted by atomic mass is 10.3. The second kappa shape index (κ2) is 6.95. The zero-order valence-electron chi connectivity index (χ0n) is 9.56. The summed E-state index contributed by atoms with van der Waals surface area (Å²) in [6, 6.07) is 0. The van der Waals surface area contributed by atoms with Crippen molar-refractivity contribution in [2.75, 3.05) is 13.2 Å². The third kappa shape index (κ3) is 3.98. The van der Waals surface area contributed by atoms with Crippen LogP contribution in [0.4, 0.5) is 0 Å². The van der Waals surface area contributed by atoms with Crippen molar-refractivity contribution in [1.29, 1.82) is 0 Å². The van der Waals surface area contributed by atoms with Gasteiger partial charge in [-0.25, -0.2) is 4.79 Å². The molecule has 0 atom stereocenters. The summed E-state index contributed by atoms with van der Waals surface area (Å²) < 4.78 is 6.57. The van der Waals surface area contributed by atoms with Crippen molar-refractivity contribution < 1.29 is 9.53 Å². The van der Waals surface area contributed by atoms with E-state index in [9.17, 15) is 4.79 Å². The number of aromatic nitrogens is 3. The second-order valence-corrected chi connectivity index (χ2v) is 3.50. The van der Waals surface area contributed by atoms with Crippen molar-refractivity contribution in [3.05, 3.63) is 11.9 Å². The molecular weight excluding hydrogens is 208 g/mol. The van der Waals surface area contributed by atoms with Crippen LogP contribution in [-0.4, -0.2) is 34.1 Å². The molecule has 6 heteroatoms. The first kappa shape index (κ1) is 12.6. The minimum absolute atomic E-state index is 0.241. The summed E-state index contributed by atoms with van der Waals surface area (Å²) in [6.45, 7) is 3.56. The Morgan fingerprint density at radius 3 is 3.06 bits per heavy atom. The van der Waals surface area contributed by atoms with Gasteiger partial charge in [-0.1, -0.05) is 25.0 Å². The number of carbonyl (C=O) groups excluding carboxylic acids is 1. The van der Waals surface area contributed by atoms with Crippen LogP contribution >= 0.6 is 0 Å². The first-order valence-corrected chi connectivity index (χ1v) is 5.55. The van der Waals surface area contributed by atoms with Crippen molar-refractivity contribution >= 4 is 5.97 Å². The standard InChI is InChI=1S/C10H18N4O2/c1-2-3-4-7-16-10(15)9-8-14(6-5-11)13-12-9/h8H,2-7,11H2,1H3. The van der Waals surface area contributed by atoms with Crippen LogP contribution < -0.4 is 5.73 Å². The van der Waals surface area contributed by atoms with Gasteiger partial charge in [0.05, 0.1) is 19.3 Å². The van der Waals surface area contributed by atoms with Gasteiger partial charge in [0, 0.05) is 6.54 Å². The predicted molar refractivity (Wildman–Crippen MR) is 58.9 cm³/mol. The van der Waals surface area contributed by atoms with Crippen molar-refractivity contribution in [2.45, 2.75) is 32.7 Å². The Balaban J connectivity index is 2.34. The van der Waals surface area contributed by atoms with Crippen LogP contribution in [0.2, 0.25) is 0 Å². The number of hydrogen-bond donors (Lipinski definition) is 1. The van der Waals surface area contributed by atoms with Gasteiger partial charge in [0.15, 0.2) is 5.69 Å². The summed E-state index contributed by atoms with van der Waals surface area (Å²) in [7, 11) is 0. The fraction of sp³-hybridized carbons (Fsp3) is 0.700. The van der Waals surface area contributed by atoms with Gasteiger partial charge in [0.25, 0.3) is 0 Å². The number of rotatable bonds is 7. The molecule has 0 aliphatic rings. The first-order valence-electron chi connectivity index (χ1n) is 5.55. The molecule has 0 saturated heterocycles. The third-order valence-electron chi connectivity index (χ3n) is 2.09. The Morgan fingerprint density at radius 1 is 1.56 bits per heavy atom. The van der Waals surface area contributed by atoms with Crippen LogP contribution in [0.25, 0.3) is 0 Å². The first-order chi connectivity index (χ1) is 7.77. The maximum Gasteiger partial charge on any atom is 0.360 e. The van der Waals surface area contributed by atoms with E-state index in [1.165, 1.54) is 4.68 Å². The number of carbonyl (C=O) groups is 1. The van der Waals surface area contributed by atoms with Crippen LogP contribution in [0.3, 0.4) is 0 Å². The molecular formula is C10H18N4O2. The van der Waals surface area contributed by atoms with E-state index in [1.807, 2.05) is 0 Å². The molecule has 2 N–H and O–H groups in total. The molecule has 90 valence electrons. The third-order valence-corrected chi connectivity index (χ3v) is 2.09. The molecule has 0 saturated carbocycles. The quantitative estimate of drug-likeness (QED) is 0.543. The molecule has 0 spiro atoms. The Kier molecular flexibility index (Phi) is 5.49. The fourth-order valence-electron chi connectivity index (χ4n) is 1.22. The summed E-state index contributed by atoms with van der Waals surface area (Å²) in [5, 5.41) is 7.47. The molecule has 1 aromatic heterocycles. The number of esters is 1. The second-order valence-electron chi connectivity index (χ2n) is 3.50. The fourth-order valence-corrected chi connectivity index (χ4v) is 1.22. The number of nitrogens with two attached hydrogens (primary N) is 1. The molecule has 0 aromatic carbocycles. The Morgan fingerprint density at radius 2 is 2.38 bits per heavy atom. The van der Waals surface area contributed by atoms with E-state index in [1.54, 1.807) is 6.20 Å². The Bertz CT molecular complexity index is 324. The summed E-state index contributed by atoms with van der Waals surface area (Å²) in [6.07, 6.45) is 4.60. The van der Waals surface area contributed by atoms with E-state index in [4.69, 9.17) is 10.5 Å². The molecule has 6 nitrogen and oxygen atoms in total. The van der Waals surface area contributed by atoms with E-state index in [0.717, 1.165) is 19.3 Å². The van der Waals surface area contributed by atoms with Crippen LogP contribution in [-0.2, 0) is 11.3 Å². The molecule has 1 heterocycles. The minimum atomic E-state index is -0.417. The van der Waals surface area contributed by atoms with E-state index >= 15 is 0 Å². The lowest BCUT2D eigenvalue weighted by Crippen LogP contribution is -2.10. The molecule has 0 amide bonds. The summed E-state index contributed by atoms with van der Waals surface area (Å²) >= 11 is 0. The Hall–Kier alpha value is -1.43. The largest absolute Gasteiger partial charge is 0.461 e. The van der Waals surface area contributed by atoms with Crippen LogP contribution in [0.5, 0.6) is 0 Å².